The van der Waals surface area contributed by atoms with Crippen LogP contribution in [0.3, 0.4) is 0 Å². The Bertz CT molecular complexity index is 995. The summed E-state index contributed by atoms with van der Waals surface area (Å²) in [4.78, 5) is 21.7. The number of nitrogens with zero attached hydrogens (tertiary/aromatic N) is 2. The molecule has 0 bridgehead atoms. The van der Waals surface area contributed by atoms with Crippen molar-refractivity contribution in [2.75, 3.05) is 0 Å². The van der Waals surface area contributed by atoms with E-state index < -0.39 is 5.60 Å². The topological polar surface area (TPSA) is 51.5 Å². The zero-order valence-electron chi connectivity index (χ0n) is 14.2. The first-order valence-electron chi connectivity index (χ1n) is 8.27. The van der Waals surface area contributed by atoms with Crippen LogP contribution in [0, 0.1) is 0 Å². The Hall–Kier alpha value is -3.01. The summed E-state index contributed by atoms with van der Waals surface area (Å²) in [6, 6.07) is 18.3. The summed E-state index contributed by atoms with van der Waals surface area (Å²) in [6.07, 6.45) is 2.38. The predicted molar refractivity (Wildman–Crippen MR) is 98.5 cm³/mol. The Morgan fingerprint density at radius 3 is 2.52 bits per heavy atom. The molecule has 0 aliphatic carbocycles. The maximum Gasteiger partial charge on any atom is 0.197 e. The number of pyridine rings is 1. The van der Waals surface area contributed by atoms with Crippen molar-refractivity contribution in [1.82, 2.24) is 4.98 Å². The van der Waals surface area contributed by atoms with Crippen LogP contribution in [0.25, 0.3) is 22.0 Å². The lowest BCUT2D eigenvalue weighted by molar-refractivity contribution is -0.136. The maximum absolute atomic E-state index is 11.8. The van der Waals surface area contributed by atoms with Gasteiger partial charge in [0, 0.05) is 29.1 Å². The van der Waals surface area contributed by atoms with Gasteiger partial charge in [-0.3, -0.25) is 9.78 Å². The summed E-state index contributed by atoms with van der Waals surface area (Å²) in [6.45, 7) is 3.32. The number of benzene rings is 2. The van der Waals surface area contributed by atoms with Gasteiger partial charge in [-0.05, 0) is 37.6 Å². The third-order valence-corrected chi connectivity index (χ3v) is 4.73. The van der Waals surface area contributed by atoms with Gasteiger partial charge in [0.05, 0.1) is 11.2 Å². The van der Waals surface area contributed by atoms with Crippen LogP contribution < -0.4 is 0 Å². The molecular weight excluding hydrogens is 312 g/mol. The molecule has 4 heteroatoms. The molecule has 1 aliphatic rings. The summed E-state index contributed by atoms with van der Waals surface area (Å²) in [5.41, 5.74) is 4.04. The highest BCUT2D eigenvalue weighted by Crippen LogP contribution is 2.29. The molecule has 0 saturated heterocycles. The summed E-state index contributed by atoms with van der Waals surface area (Å²) < 4.78 is 0. The number of hydrogen-bond donors (Lipinski definition) is 0. The number of carbonyl (C=O) groups is 1. The van der Waals surface area contributed by atoms with Crippen molar-refractivity contribution in [3.05, 3.63) is 66.4 Å². The molecular formula is C21H18N2O2. The van der Waals surface area contributed by atoms with Crippen molar-refractivity contribution < 1.29 is 9.63 Å². The molecule has 0 spiro atoms. The zero-order valence-corrected chi connectivity index (χ0v) is 14.2. The van der Waals surface area contributed by atoms with Gasteiger partial charge in [-0.1, -0.05) is 41.6 Å². The lowest BCUT2D eigenvalue weighted by Gasteiger charge is -2.16. The highest BCUT2D eigenvalue weighted by molar-refractivity contribution is 6.07. The lowest BCUT2D eigenvalue weighted by Crippen LogP contribution is -2.33. The molecule has 0 fully saturated rings. The molecule has 0 N–H and O–H groups in total. The first-order chi connectivity index (χ1) is 12.0. The Labute approximate surface area is 146 Å². The van der Waals surface area contributed by atoms with Gasteiger partial charge in [0.25, 0.3) is 0 Å². The highest BCUT2D eigenvalue weighted by Gasteiger charge is 2.39. The second-order valence-corrected chi connectivity index (χ2v) is 6.59. The first-order valence-corrected chi connectivity index (χ1v) is 8.27. The fourth-order valence-electron chi connectivity index (χ4n) is 2.98. The van der Waals surface area contributed by atoms with Crippen molar-refractivity contribution in [3.63, 3.8) is 0 Å². The van der Waals surface area contributed by atoms with E-state index in [9.17, 15) is 4.79 Å². The van der Waals surface area contributed by atoms with Crippen LogP contribution in [-0.2, 0) is 9.63 Å². The van der Waals surface area contributed by atoms with Gasteiger partial charge in [-0.15, -0.1) is 0 Å². The second-order valence-electron chi connectivity index (χ2n) is 6.59. The largest absolute Gasteiger partial charge is 0.381 e. The van der Waals surface area contributed by atoms with E-state index in [4.69, 9.17) is 4.84 Å². The van der Waals surface area contributed by atoms with Crippen molar-refractivity contribution in [3.8, 4) is 11.1 Å². The van der Waals surface area contributed by atoms with Crippen LogP contribution in [0.5, 0.6) is 0 Å². The van der Waals surface area contributed by atoms with Crippen molar-refractivity contribution in [2.45, 2.75) is 25.9 Å². The lowest BCUT2D eigenvalue weighted by atomic mass is 9.92. The van der Waals surface area contributed by atoms with Gasteiger partial charge in [0.1, 0.15) is 0 Å². The smallest absolute Gasteiger partial charge is 0.197 e. The Kier molecular flexibility index (Phi) is 3.61. The van der Waals surface area contributed by atoms with E-state index in [0.717, 1.165) is 33.3 Å². The molecule has 0 saturated carbocycles. The van der Waals surface area contributed by atoms with Gasteiger partial charge in [-0.25, -0.2) is 0 Å². The van der Waals surface area contributed by atoms with Crippen molar-refractivity contribution >= 4 is 22.4 Å². The minimum Gasteiger partial charge on any atom is -0.381 e. The number of ketones is 1. The van der Waals surface area contributed by atoms with Crippen LogP contribution in [0.15, 0.2) is 65.9 Å². The standard InChI is InChI=1S/C21H18N2O2/c1-14(24)21(2)12-20(23-25-21)16-8-9-19-17(10-16)11-18(13-22-19)15-6-4-3-5-7-15/h3-11,13H,12H2,1-2H3. The molecule has 1 atom stereocenters. The summed E-state index contributed by atoms with van der Waals surface area (Å²) in [5.74, 6) is -0.0138. The number of oxime groups is 1. The third kappa shape index (κ3) is 2.80. The van der Waals surface area contributed by atoms with Gasteiger partial charge in [0.15, 0.2) is 11.4 Å². The van der Waals surface area contributed by atoms with Crippen LogP contribution in [0.1, 0.15) is 25.8 Å². The van der Waals surface area contributed by atoms with Crippen molar-refractivity contribution in [2.24, 2.45) is 5.16 Å². The zero-order chi connectivity index (χ0) is 17.4. The first kappa shape index (κ1) is 15.5. The molecule has 1 aliphatic heterocycles. The summed E-state index contributed by atoms with van der Waals surface area (Å²) in [5, 5.41) is 5.18. The number of fused-ring (bicyclic) bond motifs is 1. The second kappa shape index (κ2) is 5.81. The summed E-state index contributed by atoms with van der Waals surface area (Å²) in [7, 11) is 0. The molecule has 124 valence electrons. The average Bonchev–Trinajstić information content (AvgIpc) is 3.05. The molecule has 2 aromatic carbocycles. The predicted octanol–water partition coefficient (Wildman–Crippen LogP) is 4.37. The molecule has 0 radical (unpaired) electrons. The van der Waals surface area contributed by atoms with Gasteiger partial charge >= 0.3 is 0 Å². The highest BCUT2D eigenvalue weighted by atomic mass is 16.7. The Morgan fingerprint density at radius 1 is 1.04 bits per heavy atom. The van der Waals surface area contributed by atoms with Crippen LogP contribution >= 0.6 is 0 Å². The number of hydrogen-bond acceptors (Lipinski definition) is 4. The fraction of sp³-hybridized carbons (Fsp3) is 0.190. The fourth-order valence-corrected chi connectivity index (χ4v) is 2.98. The molecule has 3 aromatic rings. The molecule has 4 rings (SSSR count). The van der Waals surface area contributed by atoms with Crippen LogP contribution in [0.4, 0.5) is 0 Å². The minimum atomic E-state index is -0.853. The van der Waals surface area contributed by atoms with Crippen molar-refractivity contribution in [1.29, 1.82) is 0 Å². The monoisotopic (exact) mass is 330 g/mol. The van der Waals surface area contributed by atoms with Gasteiger partial charge in [0.2, 0.25) is 0 Å². The van der Waals surface area contributed by atoms with E-state index in [1.165, 1.54) is 6.92 Å². The Balaban J connectivity index is 1.72. The van der Waals surface area contributed by atoms with Crippen LogP contribution in [-0.4, -0.2) is 22.1 Å². The Morgan fingerprint density at radius 2 is 1.80 bits per heavy atom. The van der Waals surface area contributed by atoms with E-state index in [0.29, 0.717) is 6.42 Å². The minimum absolute atomic E-state index is 0.0138. The average molecular weight is 330 g/mol. The number of carbonyl (C=O) groups excluding carboxylic acids is 1. The van der Waals surface area contributed by atoms with E-state index in [-0.39, 0.29) is 5.78 Å². The molecule has 4 nitrogen and oxygen atoms in total. The molecule has 0 amide bonds. The number of aromatic nitrogens is 1. The number of rotatable bonds is 3. The number of Topliss-reactive ketones (excluding diaryl/α,β-unsaturated/α-hetero) is 1. The maximum atomic E-state index is 11.8. The van der Waals surface area contributed by atoms with Gasteiger partial charge in [-0.2, -0.15) is 0 Å². The van der Waals surface area contributed by atoms with E-state index in [1.54, 1.807) is 6.92 Å². The SMILES string of the molecule is CC(=O)C1(C)CC(c2ccc3ncc(-c4ccccc4)cc3c2)=NO1. The molecule has 25 heavy (non-hydrogen) atoms. The third-order valence-electron chi connectivity index (χ3n) is 4.73. The van der Waals surface area contributed by atoms with E-state index in [2.05, 4.69) is 34.4 Å². The normalized spacial score (nSPS) is 19.5. The molecule has 1 aromatic heterocycles. The molecule has 2 heterocycles. The summed E-state index contributed by atoms with van der Waals surface area (Å²) >= 11 is 0. The van der Waals surface area contributed by atoms with Gasteiger partial charge < -0.3 is 4.84 Å². The molecule has 1 unspecified atom stereocenters. The van der Waals surface area contributed by atoms with E-state index in [1.807, 2.05) is 36.5 Å². The quantitative estimate of drug-likeness (QED) is 0.716. The van der Waals surface area contributed by atoms with Crippen LogP contribution in [0.2, 0.25) is 0 Å². The van der Waals surface area contributed by atoms with E-state index >= 15 is 0 Å².